The summed E-state index contributed by atoms with van der Waals surface area (Å²) in [7, 11) is 0. The first-order chi connectivity index (χ1) is 8.33. The lowest BCUT2D eigenvalue weighted by molar-refractivity contribution is 0.529. The monoisotopic (exact) mass is 367 g/mol. The van der Waals surface area contributed by atoms with E-state index in [-0.39, 0.29) is 24.0 Å². The Morgan fingerprint density at radius 2 is 1.78 bits per heavy atom. The summed E-state index contributed by atoms with van der Waals surface area (Å²) in [5, 5.41) is 3.38. The Bertz CT molecular complexity index is 211. The van der Waals surface area contributed by atoms with E-state index >= 15 is 0 Å². The Labute approximate surface area is 129 Å². The fraction of sp³-hybridized carbons (Fsp3) is 0.929. The second-order valence-electron chi connectivity index (χ2n) is 5.16. The molecule has 1 saturated carbocycles. The Morgan fingerprint density at radius 3 is 2.39 bits per heavy atom. The van der Waals surface area contributed by atoms with E-state index in [1.54, 1.807) is 0 Å². The summed E-state index contributed by atoms with van der Waals surface area (Å²) >= 11 is 0. The highest BCUT2D eigenvalue weighted by atomic mass is 127. The molecule has 0 heterocycles. The SMILES string of the molecule is CCCCCCN=C(N)NC1CCCCCC1.I. The van der Waals surface area contributed by atoms with Crippen LogP contribution < -0.4 is 11.1 Å². The van der Waals surface area contributed by atoms with Crippen molar-refractivity contribution in [3.05, 3.63) is 0 Å². The topological polar surface area (TPSA) is 50.4 Å². The lowest BCUT2D eigenvalue weighted by Gasteiger charge is -2.16. The molecule has 0 atom stereocenters. The van der Waals surface area contributed by atoms with Crippen molar-refractivity contribution in [2.24, 2.45) is 10.7 Å². The number of nitrogens with one attached hydrogen (secondary N) is 1. The molecule has 1 fully saturated rings. The third-order valence-electron chi connectivity index (χ3n) is 3.50. The van der Waals surface area contributed by atoms with Crippen LogP contribution in [0, 0.1) is 0 Å². The van der Waals surface area contributed by atoms with Crippen molar-refractivity contribution in [2.75, 3.05) is 6.54 Å². The van der Waals surface area contributed by atoms with Crippen LogP contribution in [0.4, 0.5) is 0 Å². The number of guanidine groups is 1. The number of rotatable bonds is 6. The van der Waals surface area contributed by atoms with Crippen molar-refractivity contribution in [1.82, 2.24) is 5.32 Å². The number of unbranched alkanes of at least 4 members (excludes halogenated alkanes) is 3. The highest BCUT2D eigenvalue weighted by Crippen LogP contribution is 2.16. The van der Waals surface area contributed by atoms with Crippen molar-refractivity contribution in [2.45, 2.75) is 77.2 Å². The number of aliphatic imine (C=N–C) groups is 1. The zero-order chi connectivity index (χ0) is 12.3. The molecule has 3 nitrogen and oxygen atoms in total. The largest absolute Gasteiger partial charge is 0.370 e. The molecule has 108 valence electrons. The summed E-state index contributed by atoms with van der Waals surface area (Å²) < 4.78 is 0. The molecule has 0 unspecified atom stereocenters. The van der Waals surface area contributed by atoms with E-state index in [9.17, 15) is 0 Å². The average Bonchev–Trinajstić information content (AvgIpc) is 2.57. The van der Waals surface area contributed by atoms with Crippen LogP contribution in [0.2, 0.25) is 0 Å². The molecule has 0 bridgehead atoms. The maximum absolute atomic E-state index is 5.91. The van der Waals surface area contributed by atoms with Crippen LogP contribution in [-0.4, -0.2) is 18.5 Å². The molecule has 0 aromatic rings. The molecular formula is C14H30IN3. The number of hydrogen-bond donors (Lipinski definition) is 2. The smallest absolute Gasteiger partial charge is 0.188 e. The maximum atomic E-state index is 5.91. The molecule has 1 aliphatic rings. The van der Waals surface area contributed by atoms with Gasteiger partial charge in [-0.3, -0.25) is 4.99 Å². The van der Waals surface area contributed by atoms with Gasteiger partial charge in [-0.25, -0.2) is 0 Å². The molecule has 3 N–H and O–H groups in total. The summed E-state index contributed by atoms with van der Waals surface area (Å²) in [6.07, 6.45) is 13.0. The highest BCUT2D eigenvalue weighted by Gasteiger charge is 2.11. The van der Waals surface area contributed by atoms with Gasteiger partial charge < -0.3 is 11.1 Å². The average molecular weight is 367 g/mol. The lowest BCUT2D eigenvalue weighted by atomic mass is 10.1. The van der Waals surface area contributed by atoms with Crippen LogP contribution in [0.5, 0.6) is 0 Å². The molecular weight excluding hydrogens is 337 g/mol. The van der Waals surface area contributed by atoms with E-state index in [0.29, 0.717) is 12.0 Å². The van der Waals surface area contributed by atoms with Crippen molar-refractivity contribution in [1.29, 1.82) is 0 Å². The summed E-state index contributed by atoms with van der Waals surface area (Å²) in [5.41, 5.74) is 5.91. The van der Waals surface area contributed by atoms with E-state index < -0.39 is 0 Å². The summed E-state index contributed by atoms with van der Waals surface area (Å²) in [5.74, 6) is 0.661. The Balaban J connectivity index is 0.00000289. The number of nitrogens with two attached hydrogens (primary N) is 1. The van der Waals surface area contributed by atoms with Gasteiger partial charge in [-0.15, -0.1) is 24.0 Å². The fourth-order valence-corrected chi connectivity index (χ4v) is 2.42. The number of nitrogens with zero attached hydrogens (tertiary/aromatic N) is 1. The molecule has 4 heteroatoms. The molecule has 1 rings (SSSR count). The van der Waals surface area contributed by atoms with Gasteiger partial charge in [-0.1, -0.05) is 51.9 Å². The first-order valence-corrected chi connectivity index (χ1v) is 7.39. The lowest BCUT2D eigenvalue weighted by Crippen LogP contribution is -2.39. The molecule has 0 aliphatic heterocycles. The standard InChI is InChI=1S/C14H29N3.HI/c1-2-3-4-9-12-16-14(15)17-13-10-7-5-6-8-11-13;/h13H,2-12H2,1H3,(H3,15,16,17);1H. The summed E-state index contributed by atoms with van der Waals surface area (Å²) in [6, 6.07) is 0.567. The summed E-state index contributed by atoms with van der Waals surface area (Å²) in [4.78, 5) is 4.40. The molecule has 0 radical (unpaired) electrons. The number of halogens is 1. The molecule has 1 aliphatic carbocycles. The zero-order valence-corrected chi connectivity index (χ0v) is 14.1. The first kappa shape index (κ1) is 18.0. The molecule has 0 spiro atoms. The molecule has 0 amide bonds. The zero-order valence-electron chi connectivity index (χ0n) is 11.8. The van der Waals surface area contributed by atoms with Gasteiger partial charge in [0.15, 0.2) is 5.96 Å². The third-order valence-corrected chi connectivity index (χ3v) is 3.50. The maximum Gasteiger partial charge on any atom is 0.188 e. The van der Waals surface area contributed by atoms with Crippen molar-refractivity contribution in [3.8, 4) is 0 Å². The second kappa shape index (κ2) is 12.1. The molecule has 0 aromatic carbocycles. The van der Waals surface area contributed by atoms with Crippen LogP contribution in [0.1, 0.15) is 71.1 Å². The first-order valence-electron chi connectivity index (χ1n) is 7.39. The second-order valence-corrected chi connectivity index (χ2v) is 5.16. The van der Waals surface area contributed by atoms with Gasteiger partial charge in [-0.05, 0) is 19.3 Å². The van der Waals surface area contributed by atoms with Crippen LogP contribution in [0.3, 0.4) is 0 Å². The minimum atomic E-state index is 0. The van der Waals surface area contributed by atoms with E-state index in [1.807, 2.05) is 0 Å². The van der Waals surface area contributed by atoms with Gasteiger partial charge >= 0.3 is 0 Å². The van der Waals surface area contributed by atoms with Crippen molar-refractivity contribution >= 4 is 29.9 Å². The third kappa shape index (κ3) is 9.00. The predicted octanol–water partition coefficient (Wildman–Crippen LogP) is 3.81. The van der Waals surface area contributed by atoms with Crippen LogP contribution in [0.15, 0.2) is 4.99 Å². The minimum absolute atomic E-state index is 0. The van der Waals surface area contributed by atoms with Gasteiger partial charge in [0.05, 0.1) is 0 Å². The van der Waals surface area contributed by atoms with Gasteiger partial charge in [-0.2, -0.15) is 0 Å². The molecule has 0 aromatic heterocycles. The Morgan fingerprint density at radius 1 is 1.11 bits per heavy atom. The van der Waals surface area contributed by atoms with E-state index in [4.69, 9.17) is 5.73 Å². The van der Waals surface area contributed by atoms with Gasteiger partial charge in [0.2, 0.25) is 0 Å². The van der Waals surface area contributed by atoms with Crippen LogP contribution >= 0.6 is 24.0 Å². The summed E-state index contributed by atoms with van der Waals surface area (Å²) in [6.45, 7) is 3.11. The van der Waals surface area contributed by atoms with Crippen molar-refractivity contribution < 1.29 is 0 Å². The predicted molar refractivity (Wildman–Crippen MR) is 90.7 cm³/mol. The van der Waals surface area contributed by atoms with E-state index in [0.717, 1.165) is 6.54 Å². The van der Waals surface area contributed by atoms with Crippen LogP contribution in [0.25, 0.3) is 0 Å². The van der Waals surface area contributed by atoms with Gasteiger partial charge in [0.1, 0.15) is 0 Å². The van der Waals surface area contributed by atoms with Crippen LogP contribution in [-0.2, 0) is 0 Å². The number of hydrogen-bond acceptors (Lipinski definition) is 1. The molecule has 0 saturated heterocycles. The van der Waals surface area contributed by atoms with E-state index in [1.165, 1.54) is 64.2 Å². The van der Waals surface area contributed by atoms with E-state index in [2.05, 4.69) is 17.2 Å². The normalized spacial score (nSPS) is 17.9. The quantitative estimate of drug-likeness (QED) is 0.247. The Hall–Kier alpha value is 0. The van der Waals surface area contributed by atoms with Crippen molar-refractivity contribution in [3.63, 3.8) is 0 Å². The fourth-order valence-electron chi connectivity index (χ4n) is 2.42. The molecule has 18 heavy (non-hydrogen) atoms. The minimum Gasteiger partial charge on any atom is -0.370 e. The Kier molecular flexibility index (Phi) is 12.1. The van der Waals surface area contributed by atoms with Gasteiger partial charge in [0.25, 0.3) is 0 Å². The van der Waals surface area contributed by atoms with Gasteiger partial charge in [0, 0.05) is 12.6 Å². The highest BCUT2D eigenvalue weighted by molar-refractivity contribution is 14.0.